The zero-order valence-electron chi connectivity index (χ0n) is 17.5. The van der Waals surface area contributed by atoms with Crippen LogP contribution in [0.3, 0.4) is 0 Å². The molecule has 0 fully saturated rings. The summed E-state index contributed by atoms with van der Waals surface area (Å²) in [5.41, 5.74) is 4.72. The zero-order valence-corrected chi connectivity index (χ0v) is 17.5. The highest BCUT2D eigenvalue weighted by Crippen LogP contribution is 2.15. The largest absolute Gasteiger partial charge is 0.356 e. The van der Waals surface area contributed by atoms with Gasteiger partial charge in [0, 0.05) is 32.5 Å². The fourth-order valence-electron chi connectivity index (χ4n) is 3.85. The third-order valence-electron chi connectivity index (χ3n) is 5.31. The van der Waals surface area contributed by atoms with Crippen molar-refractivity contribution in [1.29, 1.82) is 10.5 Å². The van der Waals surface area contributed by atoms with Gasteiger partial charge in [0.05, 0.1) is 48.1 Å². The van der Waals surface area contributed by atoms with Gasteiger partial charge in [0.25, 0.3) is 11.4 Å². The molecule has 5 heterocycles. The fraction of sp³-hybridized carbons (Fsp3) is 0. The van der Waals surface area contributed by atoms with Gasteiger partial charge in [0.1, 0.15) is 0 Å². The van der Waals surface area contributed by atoms with Crippen LogP contribution in [0.15, 0.2) is 36.4 Å². The third-order valence-corrected chi connectivity index (χ3v) is 5.31. The average molecular weight is 436 g/mol. The lowest BCUT2D eigenvalue weighted by Gasteiger charge is -1.93. The minimum atomic E-state index is -0.0855. The number of hydrogen-bond acceptors (Lipinski definition) is 4. The van der Waals surface area contributed by atoms with E-state index >= 15 is 0 Å². The van der Waals surface area contributed by atoms with Crippen molar-refractivity contribution in [3.63, 3.8) is 0 Å². The maximum atomic E-state index is 9.56. The highest BCUT2D eigenvalue weighted by atomic mass is 14.8. The van der Waals surface area contributed by atoms with Crippen molar-refractivity contribution in [1.82, 2.24) is 19.9 Å². The van der Waals surface area contributed by atoms with E-state index in [2.05, 4.69) is 29.6 Å². The number of aromatic amines is 2. The molecule has 3 aromatic rings. The lowest BCUT2D eigenvalue weighted by Crippen LogP contribution is -2.13. The topological polar surface area (TPSA) is 114 Å². The molecule has 0 aliphatic carbocycles. The van der Waals surface area contributed by atoms with Gasteiger partial charge in [-0.25, -0.2) is 30.2 Å². The van der Waals surface area contributed by atoms with Gasteiger partial charge in [-0.15, -0.1) is 0 Å². The molecule has 0 spiro atoms. The molecule has 3 aromatic heterocycles. The fourth-order valence-corrected chi connectivity index (χ4v) is 3.85. The highest BCUT2D eigenvalue weighted by Gasteiger charge is 2.11. The van der Waals surface area contributed by atoms with Crippen LogP contribution in [0.25, 0.3) is 67.5 Å². The van der Waals surface area contributed by atoms with Crippen molar-refractivity contribution in [2.24, 2.45) is 0 Å². The van der Waals surface area contributed by atoms with E-state index in [-0.39, 0.29) is 11.4 Å². The predicted molar refractivity (Wildman–Crippen MR) is 129 cm³/mol. The SMILES string of the molecule is [C-]#[N+]C(C#N)=c1c2nc(cc3ccc([nH]3)c(=C(C#N)[N+]#[C-])c3ccc(cc4nc1C=C4)[nH]3)C=C2. The molecular weight excluding hydrogens is 424 g/mol. The molecule has 8 heteroatoms. The van der Waals surface area contributed by atoms with E-state index in [1.165, 1.54) is 0 Å². The van der Waals surface area contributed by atoms with E-state index in [1.807, 2.05) is 24.3 Å². The summed E-state index contributed by atoms with van der Waals surface area (Å²) in [7, 11) is 0. The highest BCUT2D eigenvalue weighted by molar-refractivity contribution is 5.83. The van der Waals surface area contributed by atoms with E-state index in [0.717, 1.165) is 11.0 Å². The van der Waals surface area contributed by atoms with E-state index in [9.17, 15) is 10.5 Å². The van der Waals surface area contributed by atoms with Crippen LogP contribution >= 0.6 is 0 Å². The van der Waals surface area contributed by atoms with Crippen molar-refractivity contribution < 1.29 is 0 Å². The molecule has 0 unspecified atom stereocenters. The first kappa shape index (κ1) is 20.2. The molecule has 0 aromatic carbocycles. The van der Waals surface area contributed by atoms with Crippen LogP contribution in [0.4, 0.5) is 0 Å². The zero-order chi connectivity index (χ0) is 23.7. The Morgan fingerprint density at radius 2 is 1.18 bits per heavy atom. The first-order valence-electron chi connectivity index (χ1n) is 10.0. The summed E-state index contributed by atoms with van der Waals surface area (Å²) in [6.07, 6.45) is 7.07. The van der Waals surface area contributed by atoms with Crippen LogP contribution in [-0.2, 0) is 0 Å². The monoisotopic (exact) mass is 436 g/mol. The summed E-state index contributed by atoms with van der Waals surface area (Å²) in [5.74, 6) is 0. The lowest BCUT2D eigenvalue weighted by molar-refractivity contribution is 1.24. The third kappa shape index (κ3) is 3.41. The number of aromatic nitrogens is 4. The van der Waals surface area contributed by atoms with Crippen LogP contribution in [0, 0.1) is 35.8 Å². The summed E-state index contributed by atoms with van der Waals surface area (Å²) >= 11 is 0. The lowest BCUT2D eigenvalue weighted by atomic mass is 10.2. The van der Waals surface area contributed by atoms with Gasteiger partial charge in [0.15, 0.2) is 0 Å². The van der Waals surface area contributed by atoms with Crippen LogP contribution in [0.5, 0.6) is 0 Å². The Hall–Kier alpha value is -5.70. The van der Waals surface area contributed by atoms with Crippen molar-refractivity contribution in [3.8, 4) is 12.1 Å². The molecule has 2 aliphatic rings. The Morgan fingerprint density at radius 1 is 0.706 bits per heavy atom. The van der Waals surface area contributed by atoms with E-state index in [4.69, 9.17) is 13.1 Å². The molecule has 0 atom stereocenters. The first-order valence-corrected chi connectivity index (χ1v) is 10.0. The summed E-state index contributed by atoms with van der Waals surface area (Å²) in [4.78, 5) is 22.5. The van der Waals surface area contributed by atoms with Crippen LogP contribution < -0.4 is 10.4 Å². The van der Waals surface area contributed by atoms with Crippen molar-refractivity contribution in [2.45, 2.75) is 0 Å². The Kier molecular flexibility index (Phi) is 4.81. The molecule has 5 rings (SSSR count). The number of nitrogens with zero attached hydrogens (tertiary/aromatic N) is 6. The average Bonchev–Trinajstić information content (AvgIpc) is 3.65. The van der Waals surface area contributed by atoms with Crippen molar-refractivity contribution >= 4 is 57.8 Å². The van der Waals surface area contributed by atoms with Crippen molar-refractivity contribution in [2.75, 3.05) is 0 Å². The number of nitriles is 2. The van der Waals surface area contributed by atoms with Crippen LogP contribution in [0.2, 0.25) is 0 Å². The summed E-state index contributed by atoms with van der Waals surface area (Å²) in [5, 5.41) is 20.0. The number of hydrogen-bond donors (Lipinski definition) is 2. The molecule has 0 saturated carbocycles. The second-order valence-corrected chi connectivity index (χ2v) is 7.35. The van der Waals surface area contributed by atoms with E-state index in [1.54, 1.807) is 48.6 Å². The number of nitrogens with one attached hydrogen (secondary N) is 2. The normalized spacial score (nSPS) is 11.2. The number of rotatable bonds is 0. The minimum Gasteiger partial charge on any atom is -0.356 e. The molecule has 8 bridgehead atoms. The molecular formula is C26H12N8. The van der Waals surface area contributed by atoms with Gasteiger partial charge in [0.2, 0.25) is 0 Å². The number of fused-ring (bicyclic) bond motifs is 8. The second kappa shape index (κ2) is 8.09. The molecule has 0 amide bonds. The van der Waals surface area contributed by atoms with Gasteiger partial charge >= 0.3 is 0 Å². The first-order chi connectivity index (χ1) is 16.6. The molecule has 0 radical (unpaired) electrons. The van der Waals surface area contributed by atoms with Gasteiger partial charge in [-0.2, -0.15) is 0 Å². The maximum Gasteiger partial charge on any atom is 0.273 e. The molecule has 8 nitrogen and oxygen atoms in total. The smallest absolute Gasteiger partial charge is 0.273 e. The Bertz CT molecular complexity index is 1770. The molecule has 34 heavy (non-hydrogen) atoms. The second-order valence-electron chi connectivity index (χ2n) is 7.35. The molecule has 156 valence electrons. The van der Waals surface area contributed by atoms with Crippen LogP contribution in [-0.4, -0.2) is 19.9 Å². The summed E-state index contributed by atoms with van der Waals surface area (Å²) in [6, 6.07) is 14.8. The maximum absolute atomic E-state index is 9.56. The van der Waals surface area contributed by atoms with Gasteiger partial charge in [-0.1, -0.05) is 0 Å². The van der Waals surface area contributed by atoms with Crippen LogP contribution in [0.1, 0.15) is 22.8 Å². The standard InChI is InChI=1S/C26H12N8/c1-29-23(13-27)25-19-7-3-15(31-19)11-17-5-9-21(33-17)26(24(14-28)30-2)22-10-6-18(34-22)12-16-4-8-20(25)32-16/h3-12,31-32H. The van der Waals surface area contributed by atoms with Crippen molar-refractivity contribution in [3.05, 3.63) is 92.4 Å². The molecule has 0 saturated heterocycles. The summed E-state index contributed by atoms with van der Waals surface area (Å²) in [6.45, 7) is 14.9. The van der Waals surface area contributed by atoms with E-state index < -0.39 is 0 Å². The van der Waals surface area contributed by atoms with E-state index in [0.29, 0.717) is 44.2 Å². The van der Waals surface area contributed by atoms with Gasteiger partial charge in [-0.05, 0) is 60.7 Å². The molecule has 2 aliphatic heterocycles. The Labute approximate surface area is 193 Å². The number of H-pyrrole nitrogens is 2. The van der Waals surface area contributed by atoms with Gasteiger partial charge < -0.3 is 9.97 Å². The Morgan fingerprint density at radius 3 is 1.62 bits per heavy atom. The Balaban J connectivity index is 2.03. The van der Waals surface area contributed by atoms with Gasteiger partial charge in [-0.3, -0.25) is 0 Å². The minimum absolute atomic E-state index is 0.0386. The predicted octanol–water partition coefficient (Wildman–Crippen LogP) is 3.76. The summed E-state index contributed by atoms with van der Waals surface area (Å²) < 4.78 is 0. The molecule has 2 N–H and O–H groups in total. The quantitative estimate of drug-likeness (QED) is 0.360.